The Bertz CT molecular complexity index is 1550. The molecule has 7 heteroatoms. The van der Waals surface area contributed by atoms with Crippen LogP contribution < -0.4 is 10.1 Å². The maximum atomic E-state index is 13.6. The van der Waals surface area contributed by atoms with E-state index in [0.717, 1.165) is 21.6 Å². The Hall–Kier alpha value is -3.48. The van der Waals surface area contributed by atoms with Gasteiger partial charge >= 0.3 is 5.56 Å². The van der Waals surface area contributed by atoms with Crippen LogP contribution in [0.2, 0.25) is 4.47 Å². The molecular formula is C26H21ClN3O2S+. The van der Waals surface area contributed by atoms with E-state index in [4.69, 9.17) is 11.6 Å². The molecule has 1 N–H and O–H groups in total. The fourth-order valence-corrected chi connectivity index (χ4v) is 5.05. The van der Waals surface area contributed by atoms with Gasteiger partial charge in [0.25, 0.3) is 11.5 Å². The quantitative estimate of drug-likeness (QED) is 0.355. The van der Waals surface area contributed by atoms with Crippen LogP contribution in [0.5, 0.6) is 5.88 Å². The van der Waals surface area contributed by atoms with Gasteiger partial charge in [-0.05, 0) is 48.7 Å². The van der Waals surface area contributed by atoms with Crippen LogP contribution >= 0.6 is 22.9 Å². The van der Waals surface area contributed by atoms with E-state index in [-0.39, 0.29) is 17.0 Å². The Morgan fingerprint density at radius 1 is 1.03 bits per heavy atom. The zero-order chi connectivity index (χ0) is 23.1. The number of aromatic nitrogens is 3. The van der Waals surface area contributed by atoms with Gasteiger partial charge in [-0.3, -0.25) is 0 Å². The van der Waals surface area contributed by atoms with Crippen LogP contribution in [-0.4, -0.2) is 14.5 Å². The molecule has 2 aromatic carbocycles. The molecule has 0 amide bonds. The van der Waals surface area contributed by atoms with E-state index < -0.39 is 0 Å². The van der Waals surface area contributed by atoms with Crippen molar-refractivity contribution in [3.05, 3.63) is 104 Å². The molecule has 0 aliphatic rings. The summed E-state index contributed by atoms with van der Waals surface area (Å²) in [4.78, 5) is 18.6. The number of benzene rings is 2. The number of aromatic hydroxyl groups is 1. The third kappa shape index (κ3) is 3.92. The number of hydrogen-bond acceptors (Lipinski definition) is 4. The molecule has 0 fully saturated rings. The second-order valence-electron chi connectivity index (χ2n) is 8.00. The van der Waals surface area contributed by atoms with Gasteiger partial charge in [-0.15, -0.1) is 11.3 Å². The standard InChI is InChI=1S/C26H20ClN3O2S/c1-16-8-10-18(11-9-16)19-6-3-7-20(13-19)22-24(31)29-12-4-5-17(2)23(29)30(25(22)32)15-21-14-28-26(27)33-21/h3-14H,15H2,1-2H3/p+1. The topological polar surface area (TPSA) is 58.5 Å². The number of thiazole rings is 1. The van der Waals surface area contributed by atoms with E-state index in [1.165, 1.54) is 16.9 Å². The van der Waals surface area contributed by atoms with Crippen molar-refractivity contribution < 1.29 is 9.67 Å². The summed E-state index contributed by atoms with van der Waals surface area (Å²) in [6.45, 7) is 4.31. The molecule has 0 bridgehead atoms. The molecule has 33 heavy (non-hydrogen) atoms. The van der Waals surface area contributed by atoms with Crippen LogP contribution in [0, 0.1) is 13.8 Å². The van der Waals surface area contributed by atoms with Gasteiger partial charge in [-0.25, -0.2) is 9.78 Å². The minimum Gasteiger partial charge on any atom is -0.477 e. The Balaban J connectivity index is 1.75. The minimum atomic E-state index is -0.272. The summed E-state index contributed by atoms with van der Waals surface area (Å²) < 4.78 is 3.77. The van der Waals surface area contributed by atoms with Crippen molar-refractivity contribution in [1.82, 2.24) is 9.38 Å². The second kappa shape index (κ2) is 8.46. The first-order valence-corrected chi connectivity index (χ1v) is 11.7. The van der Waals surface area contributed by atoms with E-state index in [9.17, 15) is 9.90 Å². The predicted molar refractivity (Wildman–Crippen MR) is 132 cm³/mol. The lowest BCUT2D eigenvalue weighted by Crippen LogP contribution is -2.41. The summed E-state index contributed by atoms with van der Waals surface area (Å²) in [5.41, 5.74) is 5.34. The number of pyridine rings is 1. The zero-order valence-electron chi connectivity index (χ0n) is 18.1. The average Bonchev–Trinajstić information content (AvgIpc) is 3.22. The van der Waals surface area contributed by atoms with Gasteiger partial charge < -0.3 is 5.11 Å². The number of fused-ring (bicyclic) bond motifs is 1. The highest BCUT2D eigenvalue weighted by Crippen LogP contribution is 2.29. The average molecular weight is 475 g/mol. The first-order chi connectivity index (χ1) is 15.9. The number of halogens is 1. The summed E-state index contributed by atoms with van der Waals surface area (Å²) in [6, 6.07) is 19.7. The van der Waals surface area contributed by atoms with Crippen LogP contribution in [0.4, 0.5) is 0 Å². The highest BCUT2D eigenvalue weighted by atomic mass is 35.5. The molecule has 5 nitrogen and oxygen atoms in total. The van der Waals surface area contributed by atoms with Gasteiger partial charge in [0.05, 0.1) is 11.1 Å². The molecule has 0 aliphatic heterocycles. The van der Waals surface area contributed by atoms with E-state index in [1.54, 1.807) is 21.4 Å². The fourth-order valence-electron chi connectivity index (χ4n) is 4.08. The molecule has 0 spiro atoms. The molecule has 3 aromatic heterocycles. The normalized spacial score (nSPS) is 11.2. The highest BCUT2D eigenvalue weighted by molar-refractivity contribution is 7.15. The van der Waals surface area contributed by atoms with Crippen LogP contribution in [0.15, 0.2) is 77.9 Å². The molecule has 5 rings (SSSR count). The van der Waals surface area contributed by atoms with Gasteiger partial charge in [0, 0.05) is 11.8 Å². The molecule has 0 unspecified atom stereocenters. The van der Waals surface area contributed by atoms with Crippen molar-refractivity contribution in [1.29, 1.82) is 0 Å². The molecule has 0 saturated heterocycles. The van der Waals surface area contributed by atoms with Crippen molar-refractivity contribution >= 4 is 28.6 Å². The lowest BCUT2D eigenvalue weighted by Gasteiger charge is -2.11. The largest absolute Gasteiger partial charge is 0.477 e. The maximum Gasteiger partial charge on any atom is 0.354 e. The third-order valence-electron chi connectivity index (χ3n) is 5.71. The van der Waals surface area contributed by atoms with Crippen LogP contribution in [-0.2, 0) is 6.54 Å². The molecular weight excluding hydrogens is 454 g/mol. The zero-order valence-corrected chi connectivity index (χ0v) is 19.7. The van der Waals surface area contributed by atoms with Crippen LogP contribution in [0.25, 0.3) is 27.9 Å². The first-order valence-electron chi connectivity index (χ1n) is 10.5. The summed E-state index contributed by atoms with van der Waals surface area (Å²) in [5.74, 6) is -0.0834. The Morgan fingerprint density at radius 2 is 1.79 bits per heavy atom. The number of aryl methyl sites for hydroxylation is 2. The number of rotatable bonds is 4. The maximum absolute atomic E-state index is 13.6. The van der Waals surface area contributed by atoms with Crippen molar-refractivity contribution in [2.75, 3.05) is 0 Å². The van der Waals surface area contributed by atoms with E-state index in [1.807, 2.05) is 50.2 Å². The van der Waals surface area contributed by atoms with E-state index in [0.29, 0.717) is 22.2 Å². The fraction of sp³-hybridized carbons (Fsp3) is 0.115. The smallest absolute Gasteiger partial charge is 0.354 e. The monoisotopic (exact) mass is 474 g/mol. The summed E-state index contributed by atoms with van der Waals surface area (Å²) >= 11 is 7.38. The van der Waals surface area contributed by atoms with Crippen molar-refractivity contribution in [3.8, 4) is 28.1 Å². The number of nitrogens with zero attached hydrogens (tertiary/aromatic N) is 3. The lowest BCUT2D eigenvalue weighted by molar-refractivity contribution is -0.671. The SMILES string of the molecule is Cc1ccc(-c2cccc(-c3c(O)[n+](Cc4cnc(Cl)s4)c4c(C)cccn4c3=O)c2)cc1. The predicted octanol–water partition coefficient (Wildman–Crippen LogP) is 5.40. The Morgan fingerprint density at radius 3 is 2.52 bits per heavy atom. The molecule has 5 aromatic rings. The Kier molecular flexibility index (Phi) is 5.48. The Labute approximate surface area is 199 Å². The minimum absolute atomic E-state index is 0.0834. The molecule has 3 heterocycles. The molecule has 0 radical (unpaired) electrons. The van der Waals surface area contributed by atoms with Gasteiger partial charge in [0.15, 0.2) is 10.0 Å². The molecule has 164 valence electrons. The van der Waals surface area contributed by atoms with Crippen LogP contribution in [0.1, 0.15) is 16.0 Å². The van der Waals surface area contributed by atoms with E-state index in [2.05, 4.69) is 29.2 Å². The summed E-state index contributed by atoms with van der Waals surface area (Å²) in [7, 11) is 0. The summed E-state index contributed by atoms with van der Waals surface area (Å²) in [5, 5.41) is 11.4. The van der Waals surface area contributed by atoms with Gasteiger partial charge in [0.1, 0.15) is 6.54 Å². The second-order valence-corrected chi connectivity index (χ2v) is 9.70. The summed E-state index contributed by atoms with van der Waals surface area (Å²) in [6.07, 6.45) is 3.42. The lowest BCUT2D eigenvalue weighted by atomic mass is 9.99. The first kappa shape index (κ1) is 21.4. The van der Waals surface area contributed by atoms with Crippen molar-refractivity contribution in [3.63, 3.8) is 0 Å². The van der Waals surface area contributed by atoms with Gasteiger partial charge in [-0.2, -0.15) is 8.97 Å². The van der Waals surface area contributed by atoms with Gasteiger partial charge in [0.2, 0.25) is 0 Å². The van der Waals surface area contributed by atoms with Crippen LogP contribution in [0.3, 0.4) is 0 Å². The highest BCUT2D eigenvalue weighted by Gasteiger charge is 2.27. The van der Waals surface area contributed by atoms with Gasteiger partial charge in [-0.1, -0.05) is 59.6 Å². The molecule has 0 aliphatic carbocycles. The molecule has 0 saturated carbocycles. The van der Waals surface area contributed by atoms with Crippen molar-refractivity contribution in [2.45, 2.75) is 20.4 Å². The third-order valence-corrected chi connectivity index (χ3v) is 6.80. The van der Waals surface area contributed by atoms with E-state index >= 15 is 0 Å². The number of hydrogen-bond donors (Lipinski definition) is 1. The molecule has 0 atom stereocenters. The van der Waals surface area contributed by atoms with Crippen molar-refractivity contribution in [2.24, 2.45) is 0 Å².